The molecule has 16 heavy (non-hydrogen) atoms. The molecular formula is C13H22O3. The molecule has 3 nitrogen and oxygen atoms in total. The maximum Gasteiger partial charge on any atom is 0.333 e. The minimum absolute atomic E-state index is 0.135. The van der Waals surface area contributed by atoms with Crippen LogP contribution in [0.2, 0.25) is 0 Å². The smallest absolute Gasteiger partial charge is 0.333 e. The summed E-state index contributed by atoms with van der Waals surface area (Å²) in [4.78, 5) is 10.6. The van der Waals surface area contributed by atoms with Crippen molar-refractivity contribution in [2.45, 2.75) is 46.1 Å². The molecule has 0 aliphatic heterocycles. The first-order chi connectivity index (χ1) is 7.30. The van der Waals surface area contributed by atoms with Gasteiger partial charge in [-0.05, 0) is 30.6 Å². The summed E-state index contributed by atoms with van der Waals surface area (Å²) in [5, 5.41) is 8.69. The molecule has 0 bridgehead atoms. The van der Waals surface area contributed by atoms with E-state index in [9.17, 15) is 4.79 Å². The van der Waals surface area contributed by atoms with Gasteiger partial charge in [0, 0.05) is 0 Å². The maximum absolute atomic E-state index is 10.6. The highest BCUT2D eigenvalue weighted by molar-refractivity contribution is 5.85. The molecule has 0 amide bonds. The topological polar surface area (TPSA) is 46.5 Å². The molecule has 0 aromatic rings. The van der Waals surface area contributed by atoms with Gasteiger partial charge < -0.3 is 9.84 Å². The Morgan fingerprint density at radius 3 is 2.62 bits per heavy atom. The van der Waals surface area contributed by atoms with Gasteiger partial charge in [0.1, 0.15) is 0 Å². The van der Waals surface area contributed by atoms with Gasteiger partial charge in [0.25, 0.3) is 0 Å². The van der Waals surface area contributed by atoms with Gasteiger partial charge in [-0.3, -0.25) is 0 Å². The zero-order valence-corrected chi connectivity index (χ0v) is 10.5. The van der Waals surface area contributed by atoms with Crippen LogP contribution >= 0.6 is 0 Å². The molecule has 1 N–H and O–H groups in total. The van der Waals surface area contributed by atoms with Crippen LogP contribution in [0, 0.1) is 11.3 Å². The van der Waals surface area contributed by atoms with Crippen LogP contribution in [0.1, 0.15) is 40.0 Å². The molecular weight excluding hydrogens is 204 g/mol. The largest absolute Gasteiger partial charge is 0.478 e. The monoisotopic (exact) mass is 226 g/mol. The minimum atomic E-state index is -0.969. The Balaban J connectivity index is 2.43. The predicted octanol–water partition coefficient (Wildman–Crippen LogP) is 2.86. The Bertz CT molecular complexity index is 281. The minimum Gasteiger partial charge on any atom is -0.478 e. The third kappa shape index (κ3) is 3.97. The van der Waals surface area contributed by atoms with Crippen molar-refractivity contribution >= 4 is 5.97 Å². The lowest BCUT2D eigenvalue weighted by molar-refractivity contribution is -0.133. The van der Waals surface area contributed by atoms with Crippen molar-refractivity contribution in [3.05, 3.63) is 12.2 Å². The molecule has 0 aromatic heterocycles. The first-order valence-electron chi connectivity index (χ1n) is 5.83. The molecule has 1 fully saturated rings. The summed E-state index contributed by atoms with van der Waals surface area (Å²) in [5.41, 5.74) is 0.434. The Labute approximate surface area is 97.5 Å². The molecule has 1 rings (SSSR count). The number of ether oxygens (including phenoxy) is 1. The molecule has 2 atom stereocenters. The molecule has 0 radical (unpaired) electrons. The van der Waals surface area contributed by atoms with Crippen LogP contribution in [0.25, 0.3) is 0 Å². The van der Waals surface area contributed by atoms with Crippen LogP contribution in [-0.4, -0.2) is 23.8 Å². The molecule has 0 saturated heterocycles. The van der Waals surface area contributed by atoms with Crippen molar-refractivity contribution in [3.63, 3.8) is 0 Å². The summed E-state index contributed by atoms with van der Waals surface area (Å²) in [7, 11) is 0. The van der Waals surface area contributed by atoms with Crippen molar-refractivity contribution in [1.29, 1.82) is 0 Å². The van der Waals surface area contributed by atoms with E-state index >= 15 is 0 Å². The van der Waals surface area contributed by atoms with Gasteiger partial charge in [-0.25, -0.2) is 4.79 Å². The van der Waals surface area contributed by atoms with E-state index in [0.29, 0.717) is 11.3 Å². The molecule has 0 heterocycles. The first-order valence-corrected chi connectivity index (χ1v) is 5.83. The third-order valence-electron chi connectivity index (χ3n) is 3.14. The van der Waals surface area contributed by atoms with E-state index in [1.165, 1.54) is 6.42 Å². The number of rotatable bonds is 4. The van der Waals surface area contributed by atoms with Crippen LogP contribution < -0.4 is 0 Å². The van der Waals surface area contributed by atoms with Gasteiger partial charge in [-0.15, -0.1) is 0 Å². The average Bonchev–Trinajstić information content (AvgIpc) is 2.10. The van der Waals surface area contributed by atoms with E-state index in [2.05, 4.69) is 27.4 Å². The summed E-state index contributed by atoms with van der Waals surface area (Å²) >= 11 is 0. The van der Waals surface area contributed by atoms with Gasteiger partial charge in [-0.2, -0.15) is 0 Å². The van der Waals surface area contributed by atoms with Gasteiger partial charge in [-0.1, -0.05) is 27.4 Å². The van der Waals surface area contributed by atoms with E-state index < -0.39 is 5.97 Å². The Kier molecular flexibility index (Phi) is 4.14. The van der Waals surface area contributed by atoms with Gasteiger partial charge in [0.15, 0.2) is 0 Å². The molecule has 3 heteroatoms. The normalized spacial score (nSPS) is 28.7. The van der Waals surface area contributed by atoms with Crippen molar-refractivity contribution < 1.29 is 14.6 Å². The number of carboxylic acid groups (broad SMARTS) is 1. The van der Waals surface area contributed by atoms with Crippen molar-refractivity contribution in [2.75, 3.05) is 6.61 Å². The summed E-state index contributed by atoms with van der Waals surface area (Å²) in [6, 6.07) is 0. The van der Waals surface area contributed by atoms with Crippen LogP contribution in [-0.2, 0) is 9.53 Å². The van der Waals surface area contributed by atoms with Crippen LogP contribution in [0.3, 0.4) is 0 Å². The van der Waals surface area contributed by atoms with E-state index in [-0.39, 0.29) is 18.3 Å². The fourth-order valence-electron chi connectivity index (χ4n) is 2.67. The highest BCUT2D eigenvalue weighted by Gasteiger charge is 2.32. The van der Waals surface area contributed by atoms with Crippen LogP contribution in [0.5, 0.6) is 0 Å². The predicted molar refractivity (Wildman–Crippen MR) is 63.3 cm³/mol. The Morgan fingerprint density at radius 1 is 1.50 bits per heavy atom. The van der Waals surface area contributed by atoms with Crippen molar-refractivity contribution in [1.82, 2.24) is 0 Å². The summed E-state index contributed by atoms with van der Waals surface area (Å²) in [5.74, 6) is -0.324. The van der Waals surface area contributed by atoms with Gasteiger partial charge in [0.05, 0.1) is 18.3 Å². The Morgan fingerprint density at radius 2 is 2.12 bits per heavy atom. The number of carboxylic acids is 1. The highest BCUT2D eigenvalue weighted by Crippen LogP contribution is 2.39. The molecule has 2 unspecified atom stereocenters. The van der Waals surface area contributed by atoms with Crippen LogP contribution in [0.15, 0.2) is 12.2 Å². The number of carbonyl (C=O) groups is 1. The van der Waals surface area contributed by atoms with E-state index in [1.54, 1.807) is 0 Å². The fourth-order valence-corrected chi connectivity index (χ4v) is 2.67. The molecule has 92 valence electrons. The highest BCUT2D eigenvalue weighted by atomic mass is 16.5. The quantitative estimate of drug-likeness (QED) is 0.750. The van der Waals surface area contributed by atoms with Gasteiger partial charge >= 0.3 is 5.97 Å². The van der Waals surface area contributed by atoms with Gasteiger partial charge in [0.2, 0.25) is 0 Å². The molecule has 0 aromatic carbocycles. The molecule has 0 spiro atoms. The third-order valence-corrected chi connectivity index (χ3v) is 3.14. The summed E-state index contributed by atoms with van der Waals surface area (Å²) in [6.45, 7) is 10.3. The zero-order chi connectivity index (χ0) is 12.3. The zero-order valence-electron chi connectivity index (χ0n) is 10.5. The number of aliphatic carboxylic acids is 1. The molecule has 1 aliphatic rings. The molecule has 1 saturated carbocycles. The summed E-state index contributed by atoms with van der Waals surface area (Å²) in [6.07, 6.45) is 3.42. The lowest BCUT2D eigenvalue weighted by atomic mass is 9.71. The summed E-state index contributed by atoms with van der Waals surface area (Å²) < 4.78 is 5.63. The van der Waals surface area contributed by atoms with E-state index in [1.807, 2.05) is 0 Å². The van der Waals surface area contributed by atoms with Crippen molar-refractivity contribution in [3.8, 4) is 0 Å². The van der Waals surface area contributed by atoms with Crippen LogP contribution in [0.4, 0.5) is 0 Å². The second-order valence-electron chi connectivity index (χ2n) is 5.76. The number of hydrogen-bond donors (Lipinski definition) is 1. The lowest BCUT2D eigenvalue weighted by Gasteiger charge is -2.38. The van der Waals surface area contributed by atoms with Crippen molar-refractivity contribution in [2.24, 2.45) is 11.3 Å². The number of hydrogen-bond acceptors (Lipinski definition) is 2. The molecule has 1 aliphatic carbocycles. The van der Waals surface area contributed by atoms with E-state index in [4.69, 9.17) is 9.84 Å². The second kappa shape index (κ2) is 5.00. The SMILES string of the molecule is C=C(COC1CC(C)CC(C)(C)C1)C(=O)O. The maximum atomic E-state index is 10.6. The second-order valence-corrected chi connectivity index (χ2v) is 5.76. The lowest BCUT2D eigenvalue weighted by Crippen LogP contribution is -2.33. The standard InChI is InChI=1S/C13H22O3/c1-9-5-11(7-13(3,4)6-9)16-8-10(2)12(14)15/h9,11H,2,5-8H2,1,3-4H3,(H,14,15). The fraction of sp³-hybridized carbons (Fsp3) is 0.769. The van der Waals surface area contributed by atoms with E-state index in [0.717, 1.165) is 12.8 Å². The Hall–Kier alpha value is -0.830. The first kappa shape index (κ1) is 13.2. The average molecular weight is 226 g/mol.